The Hall–Kier alpha value is -1.92. The molecule has 0 heterocycles. The highest BCUT2D eigenvalue weighted by Gasteiger charge is 2.13. The standard InChI is InChI=1S/C15H17FN2O2S/c1-10-5-3-8-14(16)15(10)18-11(2)12-6-4-7-13(9-12)21(17,19)20/h3-9,11,18H,1-2H3,(H2,17,19,20). The third-order valence-corrected chi connectivity index (χ3v) is 4.18. The van der Waals surface area contributed by atoms with Crippen molar-refractivity contribution in [3.05, 3.63) is 59.4 Å². The van der Waals surface area contributed by atoms with Gasteiger partial charge in [0.25, 0.3) is 0 Å². The van der Waals surface area contributed by atoms with Crippen molar-refractivity contribution in [2.45, 2.75) is 24.8 Å². The number of para-hydroxylation sites is 1. The van der Waals surface area contributed by atoms with Crippen LogP contribution in [0.25, 0.3) is 0 Å². The number of sulfonamides is 1. The van der Waals surface area contributed by atoms with Gasteiger partial charge < -0.3 is 5.32 Å². The summed E-state index contributed by atoms with van der Waals surface area (Å²) in [6.45, 7) is 3.63. The molecule has 0 aliphatic rings. The number of nitrogens with two attached hydrogens (primary N) is 1. The maximum atomic E-state index is 13.8. The van der Waals surface area contributed by atoms with Crippen LogP contribution in [0, 0.1) is 12.7 Å². The lowest BCUT2D eigenvalue weighted by molar-refractivity contribution is 0.597. The van der Waals surface area contributed by atoms with Crippen LogP contribution in [0.15, 0.2) is 47.4 Å². The summed E-state index contributed by atoms with van der Waals surface area (Å²) in [6, 6.07) is 10.9. The second-order valence-corrected chi connectivity index (χ2v) is 6.48. The number of halogens is 1. The van der Waals surface area contributed by atoms with E-state index in [0.29, 0.717) is 11.3 Å². The van der Waals surface area contributed by atoms with Crippen molar-refractivity contribution in [1.29, 1.82) is 0 Å². The van der Waals surface area contributed by atoms with Crippen LogP contribution in [0.4, 0.5) is 10.1 Å². The lowest BCUT2D eigenvalue weighted by Gasteiger charge is -2.18. The maximum Gasteiger partial charge on any atom is 0.238 e. The van der Waals surface area contributed by atoms with Crippen molar-refractivity contribution in [1.82, 2.24) is 0 Å². The molecule has 0 fully saturated rings. The van der Waals surface area contributed by atoms with Gasteiger partial charge in [0.2, 0.25) is 10.0 Å². The lowest BCUT2D eigenvalue weighted by atomic mass is 10.1. The molecule has 2 aromatic rings. The largest absolute Gasteiger partial charge is 0.376 e. The third-order valence-electron chi connectivity index (χ3n) is 3.27. The lowest BCUT2D eigenvalue weighted by Crippen LogP contribution is -2.14. The van der Waals surface area contributed by atoms with Crippen LogP contribution in [-0.2, 0) is 10.0 Å². The molecule has 2 aromatic carbocycles. The molecule has 0 saturated carbocycles. The van der Waals surface area contributed by atoms with Crippen molar-refractivity contribution < 1.29 is 12.8 Å². The molecule has 0 radical (unpaired) electrons. The minimum atomic E-state index is -3.75. The first kappa shape index (κ1) is 15.5. The summed E-state index contributed by atoms with van der Waals surface area (Å²) in [6.07, 6.45) is 0. The van der Waals surface area contributed by atoms with Gasteiger partial charge in [-0.3, -0.25) is 0 Å². The molecule has 0 saturated heterocycles. The van der Waals surface area contributed by atoms with Crippen LogP contribution in [0.2, 0.25) is 0 Å². The summed E-state index contributed by atoms with van der Waals surface area (Å²) in [5.74, 6) is -0.343. The highest BCUT2D eigenvalue weighted by atomic mass is 32.2. The van der Waals surface area contributed by atoms with E-state index in [1.165, 1.54) is 18.2 Å². The first-order valence-electron chi connectivity index (χ1n) is 6.43. The highest BCUT2D eigenvalue weighted by Crippen LogP contribution is 2.25. The molecule has 4 nitrogen and oxygen atoms in total. The van der Waals surface area contributed by atoms with Crippen molar-refractivity contribution in [2.75, 3.05) is 5.32 Å². The summed E-state index contributed by atoms with van der Waals surface area (Å²) < 4.78 is 36.6. The van der Waals surface area contributed by atoms with E-state index in [0.717, 1.165) is 5.56 Å². The molecular formula is C15H17FN2O2S. The number of hydrogen-bond acceptors (Lipinski definition) is 3. The fraction of sp³-hybridized carbons (Fsp3) is 0.200. The summed E-state index contributed by atoms with van der Waals surface area (Å²) >= 11 is 0. The zero-order chi connectivity index (χ0) is 15.6. The second kappa shape index (κ2) is 5.83. The van der Waals surface area contributed by atoms with Crippen molar-refractivity contribution >= 4 is 15.7 Å². The monoisotopic (exact) mass is 308 g/mol. The van der Waals surface area contributed by atoms with Crippen LogP contribution in [-0.4, -0.2) is 8.42 Å². The maximum absolute atomic E-state index is 13.8. The van der Waals surface area contributed by atoms with Crippen molar-refractivity contribution in [2.24, 2.45) is 5.14 Å². The molecule has 0 spiro atoms. The molecule has 0 aliphatic carbocycles. The molecule has 0 bridgehead atoms. The van der Waals surface area contributed by atoms with E-state index >= 15 is 0 Å². The number of nitrogens with one attached hydrogen (secondary N) is 1. The molecule has 6 heteroatoms. The topological polar surface area (TPSA) is 72.2 Å². The van der Waals surface area contributed by atoms with Crippen LogP contribution in [0.3, 0.4) is 0 Å². The van der Waals surface area contributed by atoms with Crippen LogP contribution in [0.5, 0.6) is 0 Å². The van der Waals surface area contributed by atoms with Crippen LogP contribution >= 0.6 is 0 Å². The zero-order valence-corrected chi connectivity index (χ0v) is 12.6. The van der Waals surface area contributed by atoms with Crippen molar-refractivity contribution in [3.63, 3.8) is 0 Å². The molecule has 2 rings (SSSR count). The Morgan fingerprint density at radius 3 is 2.48 bits per heavy atom. The zero-order valence-electron chi connectivity index (χ0n) is 11.8. The predicted molar refractivity (Wildman–Crippen MR) is 81.0 cm³/mol. The number of primary sulfonamides is 1. The Labute approximate surface area is 123 Å². The second-order valence-electron chi connectivity index (χ2n) is 4.92. The summed E-state index contributed by atoms with van der Waals surface area (Å²) in [7, 11) is -3.75. The SMILES string of the molecule is Cc1cccc(F)c1NC(C)c1cccc(S(N)(=O)=O)c1. The summed E-state index contributed by atoms with van der Waals surface area (Å²) in [5.41, 5.74) is 1.90. The molecule has 3 N–H and O–H groups in total. The van der Waals surface area contributed by atoms with Crippen LogP contribution < -0.4 is 10.5 Å². The number of anilines is 1. The molecule has 1 unspecified atom stereocenters. The van der Waals surface area contributed by atoms with E-state index < -0.39 is 10.0 Å². The Morgan fingerprint density at radius 2 is 1.86 bits per heavy atom. The Bertz CT molecular complexity index is 740. The van der Waals surface area contributed by atoms with Gasteiger partial charge in [-0.05, 0) is 43.2 Å². The first-order valence-corrected chi connectivity index (χ1v) is 7.98. The fourth-order valence-electron chi connectivity index (χ4n) is 2.08. The average Bonchev–Trinajstić information content (AvgIpc) is 2.42. The number of hydrogen-bond donors (Lipinski definition) is 2. The van der Waals surface area contributed by atoms with Gasteiger partial charge in [0.15, 0.2) is 0 Å². The average molecular weight is 308 g/mol. The highest BCUT2D eigenvalue weighted by molar-refractivity contribution is 7.89. The van der Waals surface area contributed by atoms with E-state index in [1.807, 2.05) is 6.92 Å². The smallest absolute Gasteiger partial charge is 0.238 e. The third kappa shape index (κ3) is 3.59. The molecule has 21 heavy (non-hydrogen) atoms. The molecule has 0 aliphatic heterocycles. The van der Waals surface area contributed by atoms with E-state index in [4.69, 9.17) is 5.14 Å². The fourth-order valence-corrected chi connectivity index (χ4v) is 2.64. The number of benzene rings is 2. The number of aryl methyl sites for hydroxylation is 1. The van der Waals surface area contributed by atoms with Gasteiger partial charge in [-0.25, -0.2) is 17.9 Å². The van der Waals surface area contributed by atoms with E-state index in [1.54, 1.807) is 31.2 Å². The molecule has 0 amide bonds. The Kier molecular flexibility index (Phi) is 4.29. The molecular weight excluding hydrogens is 291 g/mol. The Morgan fingerprint density at radius 1 is 1.19 bits per heavy atom. The van der Waals surface area contributed by atoms with Gasteiger partial charge in [0, 0.05) is 6.04 Å². The summed E-state index contributed by atoms with van der Waals surface area (Å²) in [5, 5.41) is 8.18. The normalized spacial score (nSPS) is 13.0. The minimum absolute atomic E-state index is 0.0407. The molecule has 0 aromatic heterocycles. The van der Waals surface area contributed by atoms with Gasteiger partial charge in [0.05, 0.1) is 10.6 Å². The van der Waals surface area contributed by atoms with Crippen LogP contribution in [0.1, 0.15) is 24.1 Å². The Balaban J connectivity index is 2.31. The molecule has 112 valence electrons. The predicted octanol–water partition coefficient (Wildman–Crippen LogP) is 2.95. The van der Waals surface area contributed by atoms with Gasteiger partial charge in [-0.1, -0.05) is 24.3 Å². The minimum Gasteiger partial charge on any atom is -0.376 e. The quantitative estimate of drug-likeness (QED) is 0.912. The van der Waals surface area contributed by atoms with E-state index in [9.17, 15) is 12.8 Å². The van der Waals surface area contributed by atoms with Gasteiger partial charge in [-0.2, -0.15) is 0 Å². The van der Waals surface area contributed by atoms with Crippen molar-refractivity contribution in [3.8, 4) is 0 Å². The number of rotatable bonds is 4. The van der Waals surface area contributed by atoms with E-state index in [2.05, 4.69) is 5.32 Å². The van der Waals surface area contributed by atoms with Gasteiger partial charge in [-0.15, -0.1) is 0 Å². The molecule has 1 atom stereocenters. The van der Waals surface area contributed by atoms with Gasteiger partial charge in [0.1, 0.15) is 5.82 Å². The first-order chi connectivity index (χ1) is 9.79. The van der Waals surface area contributed by atoms with Gasteiger partial charge >= 0.3 is 0 Å². The van der Waals surface area contributed by atoms with E-state index in [-0.39, 0.29) is 16.8 Å². The summed E-state index contributed by atoms with van der Waals surface area (Å²) in [4.78, 5) is 0.0407.